The number of rotatable bonds is 1. The largest absolute Gasteiger partial charge is 1.00 e. The minimum atomic E-state index is -4.43. The molecule has 0 aromatic heterocycles. The number of hydrogen-bond donors (Lipinski definition) is 2. The van der Waals surface area contributed by atoms with Crippen molar-refractivity contribution in [2.75, 3.05) is 0 Å². The van der Waals surface area contributed by atoms with Crippen molar-refractivity contribution in [3.63, 3.8) is 0 Å². The first-order chi connectivity index (χ1) is 5.41. The minimum Gasteiger partial charge on any atom is -0.744 e. The summed E-state index contributed by atoms with van der Waals surface area (Å²) in [5, 5.41) is 0. The molecule has 0 heterocycles. The van der Waals surface area contributed by atoms with Crippen LogP contribution < -0.4 is 29.6 Å². The van der Waals surface area contributed by atoms with Crippen LogP contribution in [0.5, 0.6) is 0 Å². The van der Waals surface area contributed by atoms with Crippen LogP contribution in [-0.2, 0) is 10.1 Å². The van der Waals surface area contributed by atoms with Crippen LogP contribution in [0.2, 0.25) is 0 Å². The molecule has 0 N–H and O–H groups in total. The third-order valence-electron chi connectivity index (χ3n) is 1.21. The summed E-state index contributed by atoms with van der Waals surface area (Å²) in [5.41, 5.74) is 0. The number of benzene rings is 1. The Labute approximate surface area is 110 Å². The molecule has 1 rings (SSSR count). The van der Waals surface area contributed by atoms with E-state index in [1.807, 2.05) is 0 Å². The van der Waals surface area contributed by atoms with Gasteiger partial charge in [-0.3, -0.25) is 0 Å². The maximum Gasteiger partial charge on any atom is 1.00 e. The van der Waals surface area contributed by atoms with Gasteiger partial charge in [0.2, 0.25) is 0 Å². The predicted octanol–water partition coefficient (Wildman–Crippen LogP) is -1.83. The average molecular weight is 244 g/mol. The van der Waals surface area contributed by atoms with Crippen LogP contribution in [0, 0.1) is 0 Å². The Balaban J connectivity index is 0.00000144. The quantitative estimate of drug-likeness (QED) is 0.347. The van der Waals surface area contributed by atoms with Gasteiger partial charge < -0.3 is 4.55 Å². The van der Waals surface area contributed by atoms with Crippen molar-refractivity contribution in [1.82, 2.24) is 0 Å². The van der Waals surface area contributed by atoms with Crippen LogP contribution in [-0.4, -0.2) is 13.0 Å². The Kier molecular flexibility index (Phi) is 5.39. The fourth-order valence-electron chi connectivity index (χ4n) is 0.703. The van der Waals surface area contributed by atoms with Crippen molar-refractivity contribution in [3.8, 4) is 0 Å². The van der Waals surface area contributed by atoms with Gasteiger partial charge in [-0.1, -0.05) is 0 Å². The first-order valence-corrected chi connectivity index (χ1v) is 5.19. The summed E-state index contributed by atoms with van der Waals surface area (Å²) in [7, 11) is -4.43. The number of hydrogen-bond acceptors (Lipinski definition) is 5. The van der Waals surface area contributed by atoms with E-state index in [1.54, 1.807) is 6.07 Å². The molecule has 0 aliphatic rings. The molecule has 0 aliphatic carbocycles. The Hall–Kier alpha value is 0.830. The third-order valence-corrected chi connectivity index (χ3v) is 2.91. The summed E-state index contributed by atoms with van der Waals surface area (Å²) in [6.07, 6.45) is 0. The fraction of sp³-hybridized carbons (Fsp3) is 0. The Morgan fingerprint density at radius 2 is 1.77 bits per heavy atom. The molecule has 3 nitrogen and oxygen atoms in total. The van der Waals surface area contributed by atoms with Crippen molar-refractivity contribution < 1.29 is 42.5 Å². The molecule has 0 unspecified atom stereocenters. The SMILES string of the molecule is O=S(=O)([O-])c1cc(S)ccc1S.[Na+]. The van der Waals surface area contributed by atoms with E-state index in [1.165, 1.54) is 12.1 Å². The van der Waals surface area contributed by atoms with Crippen LogP contribution in [0.1, 0.15) is 0 Å². The van der Waals surface area contributed by atoms with Gasteiger partial charge in [-0.2, -0.15) is 0 Å². The van der Waals surface area contributed by atoms with E-state index in [0.717, 1.165) is 0 Å². The topological polar surface area (TPSA) is 57.2 Å². The molecule has 1 aromatic rings. The van der Waals surface area contributed by atoms with Crippen LogP contribution in [0.25, 0.3) is 0 Å². The van der Waals surface area contributed by atoms with E-state index in [9.17, 15) is 13.0 Å². The molecule has 13 heavy (non-hydrogen) atoms. The summed E-state index contributed by atoms with van der Waals surface area (Å²) in [5.74, 6) is 0. The monoisotopic (exact) mass is 244 g/mol. The van der Waals surface area contributed by atoms with E-state index < -0.39 is 10.1 Å². The Morgan fingerprint density at radius 3 is 2.15 bits per heavy atom. The molecule has 0 aliphatic heterocycles. The van der Waals surface area contributed by atoms with E-state index in [0.29, 0.717) is 4.90 Å². The standard InChI is InChI=1S/C6H6O3S3.Na/c7-12(8,9)6-3-4(10)1-2-5(6)11;/h1-3,10-11H,(H,7,8,9);/q;+1/p-1. The van der Waals surface area contributed by atoms with Gasteiger partial charge in [0.05, 0.1) is 4.90 Å². The van der Waals surface area contributed by atoms with E-state index in [-0.39, 0.29) is 39.3 Å². The third kappa shape index (κ3) is 3.83. The maximum atomic E-state index is 10.6. The second-order valence-corrected chi connectivity index (χ2v) is 4.45. The van der Waals surface area contributed by atoms with Crippen molar-refractivity contribution in [2.45, 2.75) is 14.7 Å². The zero-order chi connectivity index (χ0) is 9.35. The van der Waals surface area contributed by atoms with E-state index in [2.05, 4.69) is 25.3 Å². The summed E-state index contributed by atoms with van der Waals surface area (Å²) >= 11 is 7.72. The molecule has 0 saturated heterocycles. The summed E-state index contributed by atoms with van der Waals surface area (Å²) < 4.78 is 31.7. The first-order valence-electron chi connectivity index (χ1n) is 2.89. The van der Waals surface area contributed by atoms with Crippen molar-refractivity contribution in [1.29, 1.82) is 0 Å². The zero-order valence-corrected chi connectivity index (χ0v) is 11.4. The average Bonchev–Trinajstić information content (AvgIpc) is 1.92. The summed E-state index contributed by atoms with van der Waals surface area (Å²) in [6, 6.07) is 4.14. The van der Waals surface area contributed by atoms with Crippen LogP contribution >= 0.6 is 25.3 Å². The molecule has 0 amide bonds. The molecule has 66 valence electrons. The van der Waals surface area contributed by atoms with Crippen molar-refractivity contribution in [2.24, 2.45) is 0 Å². The molecule has 0 radical (unpaired) electrons. The molecule has 7 heteroatoms. The van der Waals surface area contributed by atoms with Gasteiger partial charge in [-0.25, -0.2) is 8.42 Å². The van der Waals surface area contributed by atoms with Crippen LogP contribution in [0.15, 0.2) is 32.9 Å². The molecule has 0 saturated carbocycles. The van der Waals surface area contributed by atoms with Crippen LogP contribution in [0.3, 0.4) is 0 Å². The molecular formula is C6H5NaO3S3. The normalized spacial score (nSPS) is 10.7. The van der Waals surface area contributed by atoms with E-state index >= 15 is 0 Å². The van der Waals surface area contributed by atoms with Gasteiger partial charge >= 0.3 is 29.6 Å². The fourth-order valence-corrected chi connectivity index (χ4v) is 2.06. The van der Waals surface area contributed by atoms with Crippen LogP contribution in [0.4, 0.5) is 0 Å². The molecule has 0 fully saturated rings. The van der Waals surface area contributed by atoms with Gasteiger partial charge in [-0.05, 0) is 18.2 Å². The zero-order valence-electron chi connectivity index (χ0n) is 6.76. The summed E-state index contributed by atoms with van der Waals surface area (Å²) in [6.45, 7) is 0. The van der Waals surface area contributed by atoms with Gasteiger partial charge in [0.1, 0.15) is 10.1 Å². The van der Waals surface area contributed by atoms with Gasteiger partial charge in [0.25, 0.3) is 0 Å². The Bertz CT molecular complexity index is 402. The van der Waals surface area contributed by atoms with Crippen molar-refractivity contribution in [3.05, 3.63) is 18.2 Å². The maximum absolute atomic E-state index is 10.6. The predicted molar refractivity (Wildman–Crippen MR) is 48.9 cm³/mol. The van der Waals surface area contributed by atoms with Crippen molar-refractivity contribution >= 4 is 35.4 Å². The second kappa shape index (κ2) is 5.06. The molecule has 0 bridgehead atoms. The molecule has 1 aromatic carbocycles. The van der Waals surface area contributed by atoms with Gasteiger partial charge in [-0.15, -0.1) is 25.3 Å². The molecule has 0 atom stereocenters. The van der Waals surface area contributed by atoms with Gasteiger partial charge in [0, 0.05) is 9.79 Å². The number of thiol groups is 2. The molecule has 0 spiro atoms. The second-order valence-electron chi connectivity index (χ2n) is 2.11. The minimum absolute atomic E-state index is 0. The van der Waals surface area contributed by atoms with Gasteiger partial charge in [0.15, 0.2) is 0 Å². The summed E-state index contributed by atoms with van der Waals surface area (Å²) in [4.78, 5) is 0.225. The molecular weight excluding hydrogens is 239 g/mol. The van der Waals surface area contributed by atoms with E-state index in [4.69, 9.17) is 0 Å². The Morgan fingerprint density at radius 1 is 1.23 bits per heavy atom. The smallest absolute Gasteiger partial charge is 0.744 e. The first kappa shape index (κ1) is 13.8.